The van der Waals surface area contributed by atoms with Gasteiger partial charge in [0.05, 0.1) is 44.3 Å². The molecule has 2 amide bonds. The van der Waals surface area contributed by atoms with Crippen molar-refractivity contribution in [1.82, 2.24) is 0 Å². The van der Waals surface area contributed by atoms with Gasteiger partial charge in [-0.05, 0) is 71.9 Å². The Morgan fingerprint density at radius 2 is 1.22 bits per heavy atom. The number of amides is 2. The highest BCUT2D eigenvalue weighted by molar-refractivity contribution is 7.27. The number of carbonyl (C=O) groups is 2. The first-order chi connectivity index (χ1) is 26.1. The quantitative estimate of drug-likeness (QED) is 0.0932. The van der Waals surface area contributed by atoms with Gasteiger partial charge in [-0.15, -0.1) is 34.0 Å². The van der Waals surface area contributed by atoms with Crippen LogP contribution in [0.3, 0.4) is 0 Å². The van der Waals surface area contributed by atoms with Crippen molar-refractivity contribution < 1.29 is 23.5 Å². The number of ether oxygens (including phenoxy) is 2. The number of benzene rings is 2. The number of nitrogens with zero attached hydrogens (tertiary/aromatic N) is 1. The molecule has 0 saturated heterocycles. The van der Waals surface area contributed by atoms with Crippen LogP contribution in [0, 0.1) is 17.7 Å². The molecule has 4 heterocycles. The van der Waals surface area contributed by atoms with Crippen LogP contribution in [0.5, 0.6) is 11.5 Å². The summed E-state index contributed by atoms with van der Waals surface area (Å²) < 4.78 is 30.0. The highest BCUT2D eigenvalue weighted by Crippen LogP contribution is 2.55. The van der Waals surface area contributed by atoms with Crippen molar-refractivity contribution >= 4 is 71.7 Å². The summed E-state index contributed by atoms with van der Waals surface area (Å²) in [5.41, 5.74) is 0.790. The van der Waals surface area contributed by atoms with Gasteiger partial charge in [0.15, 0.2) is 0 Å². The lowest BCUT2D eigenvalue weighted by Crippen LogP contribution is -2.30. The van der Waals surface area contributed by atoms with E-state index in [0.29, 0.717) is 41.9 Å². The van der Waals surface area contributed by atoms with Gasteiger partial charge >= 0.3 is 0 Å². The zero-order chi connectivity index (χ0) is 39.8. The van der Waals surface area contributed by atoms with E-state index >= 15 is 0 Å². The zero-order valence-electron chi connectivity index (χ0n) is 34.4. The Balaban J connectivity index is 1.58. The molecular formula is C46H58FNO4S3. The maximum absolute atomic E-state index is 14.4. The van der Waals surface area contributed by atoms with E-state index in [1.54, 1.807) is 22.7 Å². The van der Waals surface area contributed by atoms with E-state index in [0.717, 1.165) is 84.8 Å². The minimum atomic E-state index is -0.421. The lowest BCUT2D eigenvalue weighted by atomic mass is 9.90. The first-order valence-electron chi connectivity index (χ1n) is 20.2. The predicted molar refractivity (Wildman–Crippen MR) is 233 cm³/mol. The smallest absolute Gasteiger partial charge is 0.267 e. The van der Waals surface area contributed by atoms with E-state index in [4.69, 9.17) is 9.47 Å². The number of carbonyl (C=O) groups excluding carboxylic acids is 2. The molecule has 0 fully saturated rings. The first-order valence-corrected chi connectivity index (χ1v) is 22.7. The number of halogens is 1. The number of rotatable bonds is 16. The topological polar surface area (TPSA) is 55.8 Å². The molecule has 55 heavy (non-hydrogen) atoms. The number of imide groups is 1. The lowest BCUT2D eigenvalue weighted by molar-refractivity contribution is 0.0925. The van der Waals surface area contributed by atoms with Gasteiger partial charge in [0.25, 0.3) is 11.8 Å². The second kappa shape index (κ2) is 16.7. The monoisotopic (exact) mass is 803 g/mol. The van der Waals surface area contributed by atoms with Crippen LogP contribution >= 0.6 is 34.0 Å². The SMILES string of the molecule is CCCCC(CC)COc1c2cc(C(C)(C)C)sc2c(OCC(CC)CCCC)c2cc(-c3sc(C(C)(C)C)c4c3C(=O)N(c3ccc(F)cc3)C4=O)sc12. The normalized spacial score (nSPS) is 14.7. The van der Waals surface area contributed by atoms with Gasteiger partial charge < -0.3 is 9.47 Å². The average molecular weight is 804 g/mol. The van der Waals surface area contributed by atoms with Gasteiger partial charge in [-0.2, -0.15) is 0 Å². The number of unbranched alkanes of at least 4 members (excludes halogenated alkanes) is 2. The van der Waals surface area contributed by atoms with Crippen LogP contribution in [0.15, 0.2) is 36.4 Å². The van der Waals surface area contributed by atoms with Crippen LogP contribution in [-0.4, -0.2) is 25.0 Å². The Labute approximate surface area is 339 Å². The summed E-state index contributed by atoms with van der Waals surface area (Å²) in [6.45, 7) is 23.2. The number of thiophene rings is 3. The van der Waals surface area contributed by atoms with E-state index in [9.17, 15) is 14.0 Å². The van der Waals surface area contributed by atoms with Crippen molar-refractivity contribution in [2.75, 3.05) is 18.1 Å². The van der Waals surface area contributed by atoms with E-state index in [-0.39, 0.29) is 17.2 Å². The summed E-state index contributed by atoms with van der Waals surface area (Å²) in [6.07, 6.45) is 9.01. The Morgan fingerprint density at radius 1 is 0.691 bits per heavy atom. The molecule has 9 heteroatoms. The van der Waals surface area contributed by atoms with Crippen molar-refractivity contribution in [3.63, 3.8) is 0 Å². The molecule has 296 valence electrons. The molecule has 0 spiro atoms. The van der Waals surface area contributed by atoms with Crippen molar-refractivity contribution in [3.8, 4) is 21.3 Å². The van der Waals surface area contributed by atoms with Crippen LogP contribution in [0.2, 0.25) is 0 Å². The molecule has 6 rings (SSSR count). The highest BCUT2D eigenvalue weighted by atomic mass is 32.1. The number of fused-ring (bicyclic) bond motifs is 3. The molecule has 3 aromatic heterocycles. The first kappa shape index (κ1) is 41.4. The fourth-order valence-corrected chi connectivity index (χ4v) is 11.2. The lowest BCUT2D eigenvalue weighted by Gasteiger charge is -2.19. The molecule has 5 nitrogen and oxygen atoms in total. The maximum Gasteiger partial charge on any atom is 0.267 e. The minimum absolute atomic E-state index is 0.0544. The van der Waals surface area contributed by atoms with Crippen molar-refractivity contribution in [2.45, 2.75) is 131 Å². The number of hydrogen-bond acceptors (Lipinski definition) is 7. The van der Waals surface area contributed by atoms with Gasteiger partial charge in [-0.25, -0.2) is 9.29 Å². The third-order valence-corrected chi connectivity index (χ3v) is 15.3. The second-order valence-corrected chi connectivity index (χ2v) is 20.4. The molecule has 1 aliphatic rings. The summed E-state index contributed by atoms with van der Waals surface area (Å²) in [6, 6.07) is 10.1. The molecule has 0 bridgehead atoms. The Hall–Kier alpha value is -3.27. The van der Waals surface area contributed by atoms with Gasteiger partial charge in [-0.1, -0.05) is 108 Å². The second-order valence-electron chi connectivity index (χ2n) is 17.3. The zero-order valence-corrected chi connectivity index (χ0v) is 36.8. The summed E-state index contributed by atoms with van der Waals surface area (Å²) in [4.78, 5) is 33.7. The molecule has 0 N–H and O–H groups in total. The van der Waals surface area contributed by atoms with Gasteiger partial charge in [-0.3, -0.25) is 9.59 Å². The van der Waals surface area contributed by atoms with Crippen molar-refractivity contribution in [3.05, 3.63) is 63.1 Å². The van der Waals surface area contributed by atoms with E-state index < -0.39 is 11.2 Å². The van der Waals surface area contributed by atoms with Gasteiger partial charge in [0.2, 0.25) is 0 Å². The van der Waals surface area contributed by atoms with Crippen molar-refractivity contribution in [1.29, 1.82) is 0 Å². The van der Waals surface area contributed by atoms with Crippen molar-refractivity contribution in [2.24, 2.45) is 11.8 Å². The van der Waals surface area contributed by atoms with Crippen LogP contribution in [0.4, 0.5) is 10.1 Å². The largest absolute Gasteiger partial charge is 0.491 e. The van der Waals surface area contributed by atoms with Gasteiger partial charge in [0, 0.05) is 25.4 Å². The Bertz CT molecular complexity index is 2090. The van der Waals surface area contributed by atoms with Crippen LogP contribution in [-0.2, 0) is 10.8 Å². The molecular weight excluding hydrogens is 746 g/mol. The molecule has 5 aromatic rings. The molecule has 0 radical (unpaired) electrons. The average Bonchev–Trinajstić information content (AvgIpc) is 3.92. The van der Waals surface area contributed by atoms with Crippen LogP contribution in [0.1, 0.15) is 151 Å². The molecule has 2 atom stereocenters. The van der Waals surface area contributed by atoms with Crippen LogP contribution < -0.4 is 14.4 Å². The Kier molecular flexibility index (Phi) is 12.5. The molecule has 2 aromatic carbocycles. The predicted octanol–water partition coefficient (Wildman–Crippen LogP) is 14.6. The molecule has 2 unspecified atom stereocenters. The Morgan fingerprint density at radius 3 is 1.73 bits per heavy atom. The van der Waals surface area contributed by atoms with Gasteiger partial charge in [0.1, 0.15) is 17.3 Å². The summed E-state index contributed by atoms with van der Waals surface area (Å²) in [7, 11) is 0. The summed E-state index contributed by atoms with van der Waals surface area (Å²) in [5, 5.41) is 2.07. The maximum atomic E-state index is 14.4. The molecule has 1 aliphatic heterocycles. The number of hydrogen-bond donors (Lipinski definition) is 0. The van der Waals surface area contributed by atoms with E-state index in [1.807, 2.05) is 0 Å². The summed E-state index contributed by atoms with van der Waals surface area (Å²) >= 11 is 4.95. The molecule has 0 saturated carbocycles. The van der Waals surface area contributed by atoms with E-state index in [1.165, 1.54) is 58.2 Å². The van der Waals surface area contributed by atoms with Crippen LogP contribution in [0.25, 0.3) is 29.9 Å². The fraction of sp³-hybridized carbons (Fsp3) is 0.522. The standard InChI is InChI=1S/C46H58FNO4S3/c1-11-15-17-27(13-3)25-51-37-31-23-33(41-35-36(42(55-41)46(8,9)10)44(50)48(43(35)49)30-21-19-29(47)20-22-30)53-39(31)38(52-26-28(14-4)18-16-12-2)32-24-34(45(5,6)7)54-40(32)37/h19-24,27-28H,11-18,25-26H2,1-10H3. The summed E-state index contributed by atoms with van der Waals surface area (Å²) in [5.74, 6) is 1.50. The third-order valence-electron chi connectivity index (χ3n) is 10.9. The highest BCUT2D eigenvalue weighted by Gasteiger charge is 2.45. The fourth-order valence-electron chi connectivity index (χ4n) is 7.35. The number of anilines is 1. The molecule has 0 aliphatic carbocycles. The third kappa shape index (κ3) is 8.26. The van der Waals surface area contributed by atoms with E-state index in [2.05, 4.69) is 81.4 Å². The minimum Gasteiger partial charge on any atom is -0.491 e.